The Labute approximate surface area is 118 Å². The quantitative estimate of drug-likeness (QED) is 0.737. The van der Waals surface area contributed by atoms with E-state index >= 15 is 0 Å². The first-order valence-corrected chi connectivity index (χ1v) is 6.90. The molecule has 0 saturated carbocycles. The van der Waals surface area contributed by atoms with Crippen molar-refractivity contribution < 1.29 is 17.9 Å². The lowest BCUT2D eigenvalue weighted by molar-refractivity contribution is -0.217. The molecule has 0 saturated heterocycles. The Morgan fingerprint density at radius 3 is 2.25 bits per heavy atom. The number of benzene rings is 1. The average molecular weight is 289 g/mol. The first kappa shape index (κ1) is 17.0. The summed E-state index contributed by atoms with van der Waals surface area (Å²) < 4.78 is 41.7. The molecule has 2 nitrogen and oxygen atoms in total. The van der Waals surface area contributed by atoms with E-state index in [0.717, 1.165) is 38.4 Å². The van der Waals surface area contributed by atoms with Gasteiger partial charge < -0.3 is 10.1 Å². The summed E-state index contributed by atoms with van der Waals surface area (Å²) in [6, 6.07) is 7.51. The maximum atomic E-state index is 12.3. The minimum absolute atomic E-state index is 0.0188. The average Bonchev–Trinajstić information content (AvgIpc) is 2.41. The van der Waals surface area contributed by atoms with Gasteiger partial charge in [0, 0.05) is 0 Å². The molecule has 0 aliphatic rings. The normalized spacial score (nSPS) is 13.4. The third-order valence-corrected chi connectivity index (χ3v) is 3.00. The van der Waals surface area contributed by atoms with Gasteiger partial charge in [-0.25, -0.2) is 0 Å². The number of halogens is 3. The Morgan fingerprint density at radius 1 is 1.10 bits per heavy atom. The van der Waals surface area contributed by atoms with E-state index in [1.165, 1.54) is 5.56 Å². The van der Waals surface area contributed by atoms with Crippen molar-refractivity contribution >= 4 is 0 Å². The van der Waals surface area contributed by atoms with Crippen molar-refractivity contribution in [2.24, 2.45) is 0 Å². The molecule has 5 heteroatoms. The molecule has 1 rings (SSSR count). The highest BCUT2D eigenvalue weighted by molar-refractivity contribution is 5.22. The SMILES string of the molecule is CCCNCCc1ccc(COC(C)C(F)(F)F)cc1. The summed E-state index contributed by atoms with van der Waals surface area (Å²) in [5.41, 5.74) is 1.92. The van der Waals surface area contributed by atoms with Crippen molar-refractivity contribution in [3.8, 4) is 0 Å². The van der Waals surface area contributed by atoms with Crippen LogP contribution >= 0.6 is 0 Å². The van der Waals surface area contributed by atoms with Gasteiger partial charge in [-0.1, -0.05) is 31.2 Å². The molecular formula is C15H22F3NO. The molecule has 114 valence electrons. The van der Waals surface area contributed by atoms with Gasteiger partial charge in [-0.2, -0.15) is 13.2 Å². The van der Waals surface area contributed by atoms with Crippen LogP contribution in [0, 0.1) is 0 Å². The van der Waals surface area contributed by atoms with Crippen LogP contribution in [0.25, 0.3) is 0 Å². The molecular weight excluding hydrogens is 267 g/mol. The second-order valence-electron chi connectivity index (χ2n) is 4.81. The van der Waals surface area contributed by atoms with E-state index < -0.39 is 12.3 Å². The van der Waals surface area contributed by atoms with Gasteiger partial charge in [-0.05, 0) is 44.0 Å². The van der Waals surface area contributed by atoms with Gasteiger partial charge in [0.1, 0.15) is 0 Å². The van der Waals surface area contributed by atoms with Crippen LogP contribution in [-0.2, 0) is 17.8 Å². The lowest BCUT2D eigenvalue weighted by Gasteiger charge is -2.16. The molecule has 0 aromatic heterocycles. The zero-order valence-electron chi connectivity index (χ0n) is 12.0. The fourth-order valence-electron chi connectivity index (χ4n) is 1.65. The van der Waals surface area contributed by atoms with E-state index in [9.17, 15) is 13.2 Å². The van der Waals surface area contributed by atoms with Gasteiger partial charge in [0.2, 0.25) is 0 Å². The highest BCUT2D eigenvalue weighted by atomic mass is 19.4. The molecule has 1 unspecified atom stereocenters. The molecule has 0 amide bonds. The molecule has 0 spiro atoms. The Bertz CT molecular complexity index is 376. The van der Waals surface area contributed by atoms with Crippen LogP contribution in [0.3, 0.4) is 0 Å². The van der Waals surface area contributed by atoms with Crippen molar-refractivity contribution in [2.45, 2.75) is 45.6 Å². The molecule has 0 heterocycles. The predicted molar refractivity (Wildman–Crippen MR) is 73.6 cm³/mol. The number of nitrogens with one attached hydrogen (secondary N) is 1. The van der Waals surface area contributed by atoms with Crippen LogP contribution in [0.4, 0.5) is 13.2 Å². The molecule has 0 fully saturated rings. The molecule has 1 N–H and O–H groups in total. The second-order valence-corrected chi connectivity index (χ2v) is 4.81. The first-order valence-electron chi connectivity index (χ1n) is 6.90. The predicted octanol–water partition coefficient (Wildman–Crippen LogP) is 3.70. The van der Waals surface area contributed by atoms with E-state index in [-0.39, 0.29) is 6.61 Å². The van der Waals surface area contributed by atoms with Gasteiger partial charge in [0.25, 0.3) is 0 Å². The highest BCUT2D eigenvalue weighted by Gasteiger charge is 2.36. The van der Waals surface area contributed by atoms with E-state index in [4.69, 9.17) is 4.74 Å². The minimum Gasteiger partial charge on any atom is -0.364 e. The standard InChI is InChI=1S/C15H22F3NO/c1-3-9-19-10-8-13-4-6-14(7-5-13)11-20-12(2)15(16,17)18/h4-7,12,19H,3,8-11H2,1-2H3. The van der Waals surface area contributed by atoms with Crippen molar-refractivity contribution in [1.82, 2.24) is 5.32 Å². The third kappa shape index (κ3) is 6.39. The summed E-state index contributed by atoms with van der Waals surface area (Å²) in [6.45, 7) is 5.03. The summed E-state index contributed by atoms with van der Waals surface area (Å²) in [7, 11) is 0. The van der Waals surface area contributed by atoms with Gasteiger partial charge in [0.05, 0.1) is 6.61 Å². The van der Waals surface area contributed by atoms with Crippen LogP contribution < -0.4 is 5.32 Å². The summed E-state index contributed by atoms with van der Waals surface area (Å²) in [5, 5.41) is 3.31. The fourth-order valence-corrected chi connectivity index (χ4v) is 1.65. The van der Waals surface area contributed by atoms with Crippen molar-refractivity contribution in [1.29, 1.82) is 0 Å². The van der Waals surface area contributed by atoms with E-state index in [1.54, 1.807) is 0 Å². The largest absolute Gasteiger partial charge is 0.414 e. The highest BCUT2D eigenvalue weighted by Crippen LogP contribution is 2.23. The van der Waals surface area contributed by atoms with Crippen LogP contribution in [0.2, 0.25) is 0 Å². The molecule has 1 aromatic rings. The number of hydrogen-bond acceptors (Lipinski definition) is 2. The van der Waals surface area contributed by atoms with Gasteiger partial charge in [-0.15, -0.1) is 0 Å². The minimum atomic E-state index is -4.30. The Hall–Kier alpha value is -1.07. The number of alkyl halides is 3. The van der Waals surface area contributed by atoms with E-state index in [2.05, 4.69) is 12.2 Å². The second kappa shape index (κ2) is 8.27. The smallest absolute Gasteiger partial charge is 0.364 e. The Kier molecular flexibility index (Phi) is 7.02. The monoisotopic (exact) mass is 289 g/mol. The van der Waals surface area contributed by atoms with Crippen LogP contribution in [0.1, 0.15) is 31.4 Å². The van der Waals surface area contributed by atoms with Crippen LogP contribution in [0.5, 0.6) is 0 Å². The Morgan fingerprint density at radius 2 is 1.70 bits per heavy atom. The number of ether oxygens (including phenoxy) is 1. The lowest BCUT2D eigenvalue weighted by atomic mass is 10.1. The van der Waals surface area contributed by atoms with Gasteiger partial charge in [0.15, 0.2) is 6.10 Å². The maximum absolute atomic E-state index is 12.3. The lowest BCUT2D eigenvalue weighted by Crippen LogP contribution is -2.28. The molecule has 0 aliphatic carbocycles. The summed E-state index contributed by atoms with van der Waals surface area (Å²) in [4.78, 5) is 0. The molecule has 1 aromatic carbocycles. The number of rotatable bonds is 8. The van der Waals surface area contributed by atoms with E-state index in [0.29, 0.717) is 0 Å². The molecule has 1 atom stereocenters. The zero-order valence-corrected chi connectivity index (χ0v) is 12.0. The van der Waals surface area contributed by atoms with Gasteiger partial charge >= 0.3 is 6.18 Å². The van der Waals surface area contributed by atoms with Crippen molar-refractivity contribution in [3.63, 3.8) is 0 Å². The topological polar surface area (TPSA) is 21.3 Å². The number of hydrogen-bond donors (Lipinski definition) is 1. The molecule has 0 aliphatic heterocycles. The zero-order chi connectivity index (χ0) is 15.0. The van der Waals surface area contributed by atoms with Crippen LogP contribution in [0.15, 0.2) is 24.3 Å². The van der Waals surface area contributed by atoms with E-state index in [1.807, 2.05) is 24.3 Å². The van der Waals surface area contributed by atoms with Crippen molar-refractivity contribution in [2.75, 3.05) is 13.1 Å². The summed E-state index contributed by atoms with van der Waals surface area (Å²) >= 11 is 0. The summed E-state index contributed by atoms with van der Waals surface area (Å²) in [5.74, 6) is 0. The molecule has 0 bridgehead atoms. The first-order chi connectivity index (χ1) is 9.43. The molecule has 20 heavy (non-hydrogen) atoms. The molecule has 0 radical (unpaired) electrons. The summed E-state index contributed by atoms with van der Waals surface area (Å²) in [6.07, 6.45) is -4.01. The van der Waals surface area contributed by atoms with Gasteiger partial charge in [-0.3, -0.25) is 0 Å². The van der Waals surface area contributed by atoms with Crippen molar-refractivity contribution in [3.05, 3.63) is 35.4 Å². The fraction of sp³-hybridized carbons (Fsp3) is 0.600. The third-order valence-electron chi connectivity index (χ3n) is 3.00. The maximum Gasteiger partial charge on any atom is 0.414 e. The Balaban J connectivity index is 2.35. The van der Waals surface area contributed by atoms with Crippen LogP contribution in [-0.4, -0.2) is 25.4 Å².